The number of ether oxygens (including phenoxy) is 1. The number of imide groups is 1. The number of hydrogen-bond acceptors (Lipinski definition) is 6. The molecular formula is C13H18N4O5. The van der Waals surface area contributed by atoms with Crippen molar-refractivity contribution in [1.82, 2.24) is 20.9 Å². The maximum absolute atomic E-state index is 12.2. The fourth-order valence-electron chi connectivity index (χ4n) is 2.09. The molecule has 1 aromatic heterocycles. The number of rotatable bonds is 3. The van der Waals surface area contributed by atoms with Crippen LogP contribution in [0.5, 0.6) is 0 Å². The van der Waals surface area contributed by atoms with E-state index in [9.17, 15) is 14.4 Å². The monoisotopic (exact) mass is 310 g/mol. The third-order valence-electron chi connectivity index (χ3n) is 2.97. The number of nitrogens with zero attached hydrogens (tertiary/aromatic N) is 1. The molecule has 1 atom stereocenters. The highest BCUT2D eigenvalue weighted by Crippen LogP contribution is 2.27. The number of hydrogen-bond donors (Lipinski definition) is 3. The SMILES string of the molecule is Cc1ncoc1[C@@]1(CNC(=O)OC(C)(C)C)NC(=O)NC1=O. The first kappa shape index (κ1) is 15.8. The number of oxazole rings is 1. The minimum absolute atomic E-state index is 0.159. The lowest BCUT2D eigenvalue weighted by molar-refractivity contribution is -0.124. The number of nitrogens with one attached hydrogen (secondary N) is 3. The van der Waals surface area contributed by atoms with Crippen molar-refractivity contribution in [1.29, 1.82) is 0 Å². The molecule has 2 rings (SSSR count). The van der Waals surface area contributed by atoms with Crippen LogP contribution >= 0.6 is 0 Å². The van der Waals surface area contributed by atoms with Gasteiger partial charge in [-0.2, -0.15) is 0 Å². The molecule has 0 unspecified atom stereocenters. The molecule has 0 spiro atoms. The van der Waals surface area contributed by atoms with E-state index in [1.165, 1.54) is 0 Å². The summed E-state index contributed by atoms with van der Waals surface area (Å²) < 4.78 is 10.3. The Bertz CT molecular complexity index is 618. The molecule has 0 aliphatic carbocycles. The van der Waals surface area contributed by atoms with Gasteiger partial charge in [0, 0.05) is 0 Å². The summed E-state index contributed by atoms with van der Waals surface area (Å²) in [6.07, 6.45) is 0.454. The van der Waals surface area contributed by atoms with Gasteiger partial charge in [0.15, 0.2) is 17.7 Å². The quantitative estimate of drug-likeness (QED) is 0.700. The van der Waals surface area contributed by atoms with Crippen molar-refractivity contribution in [2.24, 2.45) is 0 Å². The van der Waals surface area contributed by atoms with Gasteiger partial charge in [-0.05, 0) is 27.7 Å². The number of urea groups is 1. The molecule has 4 amide bonds. The van der Waals surface area contributed by atoms with Gasteiger partial charge in [-0.1, -0.05) is 0 Å². The molecule has 1 aromatic rings. The lowest BCUT2D eigenvalue weighted by Crippen LogP contribution is -2.53. The largest absolute Gasteiger partial charge is 0.445 e. The van der Waals surface area contributed by atoms with Gasteiger partial charge in [0.05, 0.1) is 12.2 Å². The fourth-order valence-corrected chi connectivity index (χ4v) is 2.09. The Hall–Kier alpha value is -2.58. The molecule has 1 aliphatic heterocycles. The molecule has 1 saturated heterocycles. The molecule has 120 valence electrons. The Morgan fingerprint density at radius 3 is 2.59 bits per heavy atom. The van der Waals surface area contributed by atoms with Crippen LogP contribution in [0.1, 0.15) is 32.2 Å². The maximum Gasteiger partial charge on any atom is 0.407 e. The summed E-state index contributed by atoms with van der Waals surface area (Å²) in [4.78, 5) is 39.4. The number of carbonyl (C=O) groups is 3. The summed E-state index contributed by atoms with van der Waals surface area (Å²) in [5.41, 5.74) is -1.79. The van der Waals surface area contributed by atoms with Crippen molar-refractivity contribution in [3.63, 3.8) is 0 Å². The normalized spacial score (nSPS) is 21.3. The Morgan fingerprint density at radius 1 is 1.45 bits per heavy atom. The van der Waals surface area contributed by atoms with E-state index >= 15 is 0 Å². The van der Waals surface area contributed by atoms with Crippen LogP contribution in [0.3, 0.4) is 0 Å². The molecule has 1 aliphatic rings. The predicted molar refractivity (Wildman–Crippen MR) is 73.8 cm³/mol. The second kappa shape index (κ2) is 5.32. The van der Waals surface area contributed by atoms with Gasteiger partial charge in [-0.25, -0.2) is 14.6 Å². The van der Waals surface area contributed by atoms with E-state index in [0.717, 1.165) is 6.39 Å². The average Bonchev–Trinajstić information content (AvgIpc) is 2.89. The molecule has 0 aromatic carbocycles. The third kappa shape index (κ3) is 3.02. The zero-order valence-corrected chi connectivity index (χ0v) is 12.8. The molecule has 0 saturated carbocycles. The average molecular weight is 310 g/mol. The van der Waals surface area contributed by atoms with Crippen LogP contribution in [0.15, 0.2) is 10.8 Å². The molecular weight excluding hydrogens is 292 g/mol. The second-order valence-corrected chi connectivity index (χ2v) is 5.94. The number of amides is 4. The van der Waals surface area contributed by atoms with Crippen LogP contribution < -0.4 is 16.0 Å². The zero-order valence-electron chi connectivity index (χ0n) is 12.8. The maximum atomic E-state index is 12.2. The minimum atomic E-state index is -1.55. The Balaban J connectivity index is 2.21. The van der Waals surface area contributed by atoms with Gasteiger partial charge in [0.1, 0.15) is 5.60 Å². The lowest BCUT2D eigenvalue weighted by atomic mass is 9.95. The van der Waals surface area contributed by atoms with Gasteiger partial charge in [0.25, 0.3) is 5.91 Å². The van der Waals surface area contributed by atoms with Crippen molar-refractivity contribution >= 4 is 18.0 Å². The first-order valence-electron chi connectivity index (χ1n) is 6.65. The fraction of sp³-hybridized carbons (Fsp3) is 0.538. The summed E-state index contributed by atoms with van der Waals surface area (Å²) in [6.45, 7) is 6.55. The topological polar surface area (TPSA) is 123 Å². The Morgan fingerprint density at radius 2 is 2.14 bits per heavy atom. The van der Waals surface area contributed by atoms with Gasteiger partial charge in [-0.3, -0.25) is 10.1 Å². The highest BCUT2D eigenvalue weighted by molar-refractivity contribution is 6.07. The summed E-state index contributed by atoms with van der Waals surface area (Å²) in [5, 5.41) is 7.07. The number of carbonyl (C=O) groups excluding carboxylic acids is 3. The van der Waals surface area contributed by atoms with E-state index in [2.05, 4.69) is 20.9 Å². The predicted octanol–water partition coefficient (Wildman–Crippen LogP) is 0.542. The molecule has 0 radical (unpaired) electrons. The first-order chi connectivity index (χ1) is 10.1. The van der Waals surface area contributed by atoms with Gasteiger partial charge < -0.3 is 19.8 Å². The standard InChI is InChI=1S/C13H18N4O5/c1-7-8(21-6-15-7)13(9(18)16-10(19)17-13)5-14-11(20)22-12(2,3)4/h6H,5H2,1-4H3,(H,14,20)(H2,16,17,18,19)/t13-/m1/s1. The van der Waals surface area contributed by atoms with Crippen molar-refractivity contribution in [3.8, 4) is 0 Å². The summed E-state index contributed by atoms with van der Waals surface area (Å²) in [5.74, 6) is -0.472. The Labute approximate surface area is 126 Å². The van der Waals surface area contributed by atoms with E-state index in [-0.39, 0.29) is 12.3 Å². The van der Waals surface area contributed by atoms with Crippen LogP contribution in [-0.2, 0) is 15.1 Å². The van der Waals surface area contributed by atoms with Crippen molar-refractivity contribution in [2.45, 2.75) is 38.8 Å². The van der Waals surface area contributed by atoms with Crippen LogP contribution in [0.2, 0.25) is 0 Å². The van der Waals surface area contributed by atoms with Crippen molar-refractivity contribution in [3.05, 3.63) is 17.8 Å². The number of alkyl carbamates (subject to hydrolysis) is 1. The van der Waals surface area contributed by atoms with Crippen LogP contribution in [-0.4, -0.2) is 35.2 Å². The lowest BCUT2D eigenvalue weighted by Gasteiger charge is -2.26. The van der Waals surface area contributed by atoms with Crippen LogP contribution in [0.25, 0.3) is 0 Å². The molecule has 9 nitrogen and oxygen atoms in total. The molecule has 22 heavy (non-hydrogen) atoms. The molecule has 3 N–H and O–H groups in total. The highest BCUT2D eigenvalue weighted by atomic mass is 16.6. The number of aryl methyl sites for hydroxylation is 1. The van der Waals surface area contributed by atoms with E-state index in [1.54, 1.807) is 27.7 Å². The summed E-state index contributed by atoms with van der Waals surface area (Å²) in [6, 6.07) is -0.674. The van der Waals surface area contributed by atoms with Crippen LogP contribution in [0.4, 0.5) is 9.59 Å². The van der Waals surface area contributed by atoms with E-state index < -0.39 is 29.2 Å². The smallest absolute Gasteiger partial charge is 0.407 e. The van der Waals surface area contributed by atoms with Gasteiger partial charge in [0.2, 0.25) is 0 Å². The second-order valence-electron chi connectivity index (χ2n) is 5.94. The van der Waals surface area contributed by atoms with Gasteiger partial charge >= 0.3 is 12.1 Å². The van der Waals surface area contributed by atoms with E-state index in [1.807, 2.05) is 0 Å². The first-order valence-corrected chi connectivity index (χ1v) is 6.65. The van der Waals surface area contributed by atoms with Crippen LogP contribution in [0, 0.1) is 6.92 Å². The summed E-state index contributed by atoms with van der Waals surface area (Å²) >= 11 is 0. The molecule has 1 fully saturated rings. The highest BCUT2D eigenvalue weighted by Gasteiger charge is 2.51. The van der Waals surface area contributed by atoms with E-state index in [4.69, 9.17) is 9.15 Å². The van der Waals surface area contributed by atoms with Crippen molar-refractivity contribution in [2.75, 3.05) is 6.54 Å². The minimum Gasteiger partial charge on any atom is -0.445 e. The Kier molecular flexibility index (Phi) is 3.82. The third-order valence-corrected chi connectivity index (χ3v) is 2.97. The van der Waals surface area contributed by atoms with E-state index in [0.29, 0.717) is 5.69 Å². The molecule has 2 heterocycles. The molecule has 9 heteroatoms. The summed E-state index contributed by atoms with van der Waals surface area (Å²) in [7, 11) is 0. The van der Waals surface area contributed by atoms with Gasteiger partial charge in [-0.15, -0.1) is 0 Å². The number of aromatic nitrogens is 1. The van der Waals surface area contributed by atoms with Crippen molar-refractivity contribution < 1.29 is 23.5 Å². The zero-order chi connectivity index (χ0) is 16.5. The molecule has 0 bridgehead atoms.